The van der Waals surface area contributed by atoms with Crippen LogP contribution in [0.4, 0.5) is 4.79 Å². The maximum atomic E-state index is 12.5. The van der Waals surface area contributed by atoms with E-state index in [4.69, 9.17) is 0 Å². The highest BCUT2D eigenvalue weighted by atomic mass is 32.2. The number of urea groups is 1. The summed E-state index contributed by atoms with van der Waals surface area (Å²) in [5.41, 5.74) is -0.739. The monoisotopic (exact) mass is 316 g/mol. The van der Waals surface area contributed by atoms with Crippen LogP contribution in [-0.4, -0.2) is 59.6 Å². The molecule has 0 aromatic heterocycles. The number of carbonyl (C=O) groups is 2. The van der Waals surface area contributed by atoms with Crippen molar-refractivity contribution in [3.8, 4) is 0 Å². The summed E-state index contributed by atoms with van der Waals surface area (Å²) >= 11 is 0. The minimum atomic E-state index is -3.09. The lowest BCUT2D eigenvalue weighted by atomic mass is 9.89. The average molecular weight is 316 g/mol. The first-order valence-corrected chi connectivity index (χ1v) is 9.07. The molecule has 0 saturated carbocycles. The first-order valence-electron chi connectivity index (χ1n) is 7.24. The summed E-state index contributed by atoms with van der Waals surface area (Å²) in [7, 11) is -3.09. The van der Waals surface area contributed by atoms with Crippen molar-refractivity contribution in [2.24, 2.45) is 5.92 Å². The summed E-state index contributed by atoms with van der Waals surface area (Å²) in [5, 5.41) is 12.0. The predicted molar refractivity (Wildman–Crippen MR) is 74.6 cm³/mol. The molecule has 7 nitrogen and oxygen atoms in total. The van der Waals surface area contributed by atoms with Crippen molar-refractivity contribution in [3.05, 3.63) is 0 Å². The van der Waals surface area contributed by atoms with Crippen LogP contribution in [0.5, 0.6) is 0 Å². The normalized spacial score (nSPS) is 40.4. The van der Waals surface area contributed by atoms with Crippen molar-refractivity contribution in [3.63, 3.8) is 0 Å². The summed E-state index contributed by atoms with van der Waals surface area (Å²) in [6.07, 6.45) is 2.45. The standard InChI is InChI=1S/C13H20N2O5S/c1-13(4-5-21(19,20)7-13)14-12(18)15-8-2-3-10(15)9(6-8)11(16)17/h8-10H,2-7H2,1H3,(H,14,18)(H,16,17). The maximum Gasteiger partial charge on any atom is 0.318 e. The van der Waals surface area contributed by atoms with Crippen molar-refractivity contribution in [1.82, 2.24) is 10.2 Å². The molecule has 3 heterocycles. The molecule has 118 valence electrons. The van der Waals surface area contributed by atoms with Gasteiger partial charge in [-0.1, -0.05) is 0 Å². The molecule has 3 saturated heterocycles. The van der Waals surface area contributed by atoms with E-state index in [1.54, 1.807) is 11.8 Å². The molecule has 3 fully saturated rings. The SMILES string of the molecule is CC1(NC(=O)N2C3CCC2C(C(=O)O)C3)CCS(=O)(=O)C1. The van der Waals surface area contributed by atoms with Crippen LogP contribution in [0.3, 0.4) is 0 Å². The average Bonchev–Trinajstić information content (AvgIpc) is 3.00. The van der Waals surface area contributed by atoms with E-state index >= 15 is 0 Å². The summed E-state index contributed by atoms with van der Waals surface area (Å²) < 4.78 is 23.2. The van der Waals surface area contributed by atoms with E-state index in [0.717, 1.165) is 6.42 Å². The number of aliphatic carboxylic acids is 1. The molecular formula is C13H20N2O5S. The van der Waals surface area contributed by atoms with Crippen molar-refractivity contribution >= 4 is 21.8 Å². The van der Waals surface area contributed by atoms with Gasteiger partial charge in [0.25, 0.3) is 0 Å². The van der Waals surface area contributed by atoms with Crippen LogP contribution in [0.2, 0.25) is 0 Å². The van der Waals surface area contributed by atoms with Crippen molar-refractivity contribution in [2.75, 3.05) is 11.5 Å². The molecule has 8 heteroatoms. The van der Waals surface area contributed by atoms with Gasteiger partial charge in [-0.2, -0.15) is 0 Å². The number of carboxylic acid groups (broad SMARTS) is 1. The van der Waals surface area contributed by atoms with Crippen LogP contribution < -0.4 is 5.32 Å². The van der Waals surface area contributed by atoms with Gasteiger partial charge >= 0.3 is 12.0 Å². The van der Waals surface area contributed by atoms with Gasteiger partial charge < -0.3 is 15.3 Å². The zero-order chi connectivity index (χ0) is 15.4. The predicted octanol–water partition coefficient (Wildman–Crippen LogP) is 0.211. The number of fused-ring (bicyclic) bond motifs is 2. The molecule has 3 rings (SSSR count). The largest absolute Gasteiger partial charge is 0.481 e. The maximum absolute atomic E-state index is 12.5. The Balaban J connectivity index is 1.71. The number of rotatable bonds is 2. The summed E-state index contributed by atoms with van der Waals surface area (Å²) in [6.45, 7) is 1.74. The van der Waals surface area contributed by atoms with Crippen molar-refractivity contribution < 1.29 is 23.1 Å². The molecule has 2 amide bonds. The van der Waals surface area contributed by atoms with Gasteiger partial charge in [0.15, 0.2) is 9.84 Å². The first-order chi connectivity index (χ1) is 9.71. The Morgan fingerprint density at radius 3 is 2.57 bits per heavy atom. The highest BCUT2D eigenvalue weighted by Crippen LogP contribution is 2.42. The lowest BCUT2D eigenvalue weighted by Crippen LogP contribution is -2.54. The van der Waals surface area contributed by atoms with E-state index in [2.05, 4.69) is 5.32 Å². The molecule has 3 aliphatic rings. The Bertz CT molecular complexity index is 589. The molecule has 0 aromatic rings. The second-order valence-electron chi connectivity index (χ2n) is 6.72. The van der Waals surface area contributed by atoms with Gasteiger partial charge in [0, 0.05) is 12.1 Å². The van der Waals surface area contributed by atoms with Gasteiger partial charge in [-0.15, -0.1) is 0 Å². The van der Waals surface area contributed by atoms with E-state index in [1.165, 1.54) is 0 Å². The molecule has 0 radical (unpaired) electrons. The lowest BCUT2D eigenvalue weighted by Gasteiger charge is -2.30. The smallest absolute Gasteiger partial charge is 0.318 e. The van der Waals surface area contributed by atoms with Gasteiger partial charge in [-0.3, -0.25) is 4.79 Å². The fraction of sp³-hybridized carbons (Fsp3) is 0.846. The van der Waals surface area contributed by atoms with Crippen LogP contribution in [0.1, 0.15) is 32.6 Å². The molecule has 2 N–H and O–H groups in total. The van der Waals surface area contributed by atoms with Crippen LogP contribution in [0.25, 0.3) is 0 Å². The number of amides is 2. The molecule has 4 unspecified atom stereocenters. The number of carboxylic acids is 1. The van der Waals surface area contributed by atoms with Gasteiger partial charge in [0.2, 0.25) is 0 Å². The number of hydrogen-bond donors (Lipinski definition) is 2. The van der Waals surface area contributed by atoms with Crippen LogP contribution in [0.15, 0.2) is 0 Å². The van der Waals surface area contributed by atoms with Gasteiger partial charge in [0.1, 0.15) is 0 Å². The molecule has 21 heavy (non-hydrogen) atoms. The summed E-state index contributed by atoms with van der Waals surface area (Å²) in [4.78, 5) is 25.3. The molecule has 2 bridgehead atoms. The van der Waals surface area contributed by atoms with E-state index in [1.807, 2.05) is 0 Å². The van der Waals surface area contributed by atoms with Crippen LogP contribution in [-0.2, 0) is 14.6 Å². The number of carbonyl (C=O) groups excluding carboxylic acids is 1. The topological polar surface area (TPSA) is 104 Å². The zero-order valence-electron chi connectivity index (χ0n) is 11.9. The Labute approximate surface area is 123 Å². The zero-order valence-corrected chi connectivity index (χ0v) is 12.7. The number of nitrogens with zero attached hydrogens (tertiary/aromatic N) is 1. The minimum absolute atomic E-state index is 0.0299. The molecule has 0 spiro atoms. The Morgan fingerprint density at radius 2 is 2.05 bits per heavy atom. The molecule has 0 aromatic carbocycles. The molecular weight excluding hydrogens is 296 g/mol. The molecule has 4 atom stereocenters. The van der Waals surface area contributed by atoms with E-state index < -0.39 is 27.3 Å². The second-order valence-corrected chi connectivity index (χ2v) is 8.90. The number of hydrogen-bond acceptors (Lipinski definition) is 4. The van der Waals surface area contributed by atoms with E-state index in [-0.39, 0.29) is 29.6 Å². The highest BCUT2D eigenvalue weighted by Gasteiger charge is 2.52. The highest BCUT2D eigenvalue weighted by molar-refractivity contribution is 7.91. The molecule has 3 aliphatic heterocycles. The number of nitrogens with one attached hydrogen (secondary N) is 1. The van der Waals surface area contributed by atoms with E-state index in [9.17, 15) is 23.1 Å². The Kier molecular flexibility index (Phi) is 3.20. The Morgan fingerprint density at radius 1 is 1.33 bits per heavy atom. The third kappa shape index (κ3) is 2.49. The van der Waals surface area contributed by atoms with Gasteiger partial charge in [-0.05, 0) is 32.6 Å². The third-order valence-corrected chi connectivity index (χ3v) is 6.90. The van der Waals surface area contributed by atoms with Crippen molar-refractivity contribution in [2.45, 2.75) is 50.2 Å². The number of sulfone groups is 1. The fourth-order valence-corrected chi connectivity index (χ4v) is 6.10. The minimum Gasteiger partial charge on any atom is -0.481 e. The van der Waals surface area contributed by atoms with E-state index in [0.29, 0.717) is 19.3 Å². The van der Waals surface area contributed by atoms with Gasteiger partial charge in [0.05, 0.1) is 23.0 Å². The lowest BCUT2D eigenvalue weighted by molar-refractivity contribution is -0.142. The van der Waals surface area contributed by atoms with Crippen LogP contribution >= 0.6 is 0 Å². The van der Waals surface area contributed by atoms with Gasteiger partial charge in [-0.25, -0.2) is 13.2 Å². The summed E-state index contributed by atoms with van der Waals surface area (Å²) in [5.74, 6) is -1.30. The van der Waals surface area contributed by atoms with Crippen molar-refractivity contribution in [1.29, 1.82) is 0 Å². The van der Waals surface area contributed by atoms with Crippen LogP contribution in [0, 0.1) is 5.92 Å². The Hall–Kier alpha value is -1.31. The second kappa shape index (κ2) is 4.59. The fourth-order valence-electron chi connectivity index (χ4n) is 4.00. The third-order valence-electron chi connectivity index (χ3n) is 5.00. The summed E-state index contributed by atoms with van der Waals surface area (Å²) in [6, 6.07) is -0.599. The quantitative estimate of drug-likeness (QED) is 0.758. The molecule has 0 aliphatic carbocycles. The first kappa shape index (κ1) is 14.6.